The molecule has 1 amide bonds. The quantitative estimate of drug-likeness (QED) is 0.838. The summed E-state index contributed by atoms with van der Waals surface area (Å²) in [5.74, 6) is -0.167. The average Bonchev–Trinajstić information content (AvgIpc) is 2.91. The Bertz CT molecular complexity index is 656. The third-order valence-corrected chi connectivity index (χ3v) is 5.10. The molecule has 0 saturated heterocycles. The highest BCUT2D eigenvalue weighted by Gasteiger charge is 2.23. The van der Waals surface area contributed by atoms with Crippen LogP contribution in [0.4, 0.5) is 0 Å². The lowest BCUT2D eigenvalue weighted by atomic mass is 9.94. The Morgan fingerprint density at radius 1 is 1.45 bits per heavy atom. The monoisotopic (exact) mass is 326 g/mol. The molecule has 2 aromatic rings. The van der Waals surface area contributed by atoms with Crippen molar-refractivity contribution < 1.29 is 4.79 Å². The van der Waals surface area contributed by atoms with E-state index in [0.29, 0.717) is 10.6 Å². The Morgan fingerprint density at radius 3 is 3.10 bits per heavy atom. The molecule has 0 aliphatic heterocycles. The van der Waals surface area contributed by atoms with Gasteiger partial charge in [-0.15, -0.1) is 11.3 Å². The lowest BCUT2D eigenvalue weighted by Gasteiger charge is -2.23. The number of rotatable bonds is 2. The van der Waals surface area contributed by atoms with Crippen LogP contribution in [0.15, 0.2) is 23.7 Å². The molecule has 20 heavy (non-hydrogen) atoms. The predicted octanol–water partition coefficient (Wildman–Crippen LogP) is 4.26. The van der Waals surface area contributed by atoms with Crippen molar-refractivity contribution in [1.29, 1.82) is 0 Å². The number of carbonyl (C=O) groups excluding carboxylic acids is 1. The molecule has 2 heterocycles. The summed E-state index contributed by atoms with van der Waals surface area (Å²) in [7, 11) is 0. The molecule has 1 N–H and O–H groups in total. The van der Waals surface area contributed by atoms with Crippen LogP contribution in [0, 0.1) is 0 Å². The predicted molar refractivity (Wildman–Crippen MR) is 81.7 cm³/mol. The van der Waals surface area contributed by atoms with E-state index >= 15 is 0 Å². The molecule has 1 aliphatic rings. The molecule has 1 aliphatic carbocycles. The topological polar surface area (TPSA) is 42.0 Å². The zero-order valence-electron chi connectivity index (χ0n) is 10.5. The Kier molecular flexibility index (Phi) is 3.96. The second-order valence-corrected chi connectivity index (χ2v) is 6.48. The molecule has 0 aromatic carbocycles. The second kappa shape index (κ2) is 5.72. The van der Waals surface area contributed by atoms with Gasteiger partial charge in [0.05, 0.1) is 16.6 Å². The minimum atomic E-state index is -0.167. The number of aryl methyl sites for hydroxylation is 1. The molecule has 104 valence electrons. The van der Waals surface area contributed by atoms with Crippen LogP contribution in [0.5, 0.6) is 0 Å². The Labute approximate surface area is 130 Å². The average molecular weight is 327 g/mol. The molecule has 0 spiro atoms. The first-order valence-corrected chi connectivity index (χ1v) is 7.97. The van der Waals surface area contributed by atoms with Gasteiger partial charge in [-0.25, -0.2) is 4.98 Å². The number of hydrogen-bond acceptors (Lipinski definition) is 3. The van der Waals surface area contributed by atoms with E-state index in [4.69, 9.17) is 23.2 Å². The van der Waals surface area contributed by atoms with Gasteiger partial charge in [-0.05, 0) is 42.3 Å². The summed E-state index contributed by atoms with van der Waals surface area (Å²) in [6.07, 6.45) is 4.61. The van der Waals surface area contributed by atoms with Gasteiger partial charge >= 0.3 is 0 Å². The van der Waals surface area contributed by atoms with Crippen molar-refractivity contribution in [2.24, 2.45) is 0 Å². The molecule has 1 atom stereocenters. The van der Waals surface area contributed by atoms with Gasteiger partial charge in [0.1, 0.15) is 5.15 Å². The van der Waals surface area contributed by atoms with Crippen molar-refractivity contribution in [2.45, 2.75) is 25.3 Å². The van der Waals surface area contributed by atoms with E-state index in [0.717, 1.165) is 19.3 Å². The zero-order valence-corrected chi connectivity index (χ0v) is 12.9. The van der Waals surface area contributed by atoms with Crippen LogP contribution >= 0.6 is 34.5 Å². The van der Waals surface area contributed by atoms with Gasteiger partial charge in [-0.2, -0.15) is 0 Å². The maximum atomic E-state index is 12.3. The van der Waals surface area contributed by atoms with E-state index in [2.05, 4.69) is 21.7 Å². The molecule has 6 heteroatoms. The van der Waals surface area contributed by atoms with Crippen molar-refractivity contribution in [3.8, 4) is 0 Å². The first kappa shape index (κ1) is 13.9. The molecule has 0 radical (unpaired) electrons. The van der Waals surface area contributed by atoms with Crippen LogP contribution in [0.2, 0.25) is 10.2 Å². The van der Waals surface area contributed by atoms with E-state index < -0.39 is 0 Å². The molecule has 3 rings (SSSR count). The number of nitrogens with zero attached hydrogens (tertiary/aromatic N) is 1. The standard InChI is InChI=1S/C14H12Cl2N2OS/c15-10-6-8(7-17-13(10)16)14(19)18-11-2-1-3-12-9(11)4-5-20-12/h4-7,11H,1-3H2,(H,18,19). The highest BCUT2D eigenvalue weighted by molar-refractivity contribution is 7.10. The second-order valence-electron chi connectivity index (χ2n) is 4.71. The fraction of sp³-hybridized carbons (Fsp3) is 0.286. The third-order valence-electron chi connectivity index (χ3n) is 3.42. The minimum Gasteiger partial charge on any atom is -0.345 e. The molecule has 1 unspecified atom stereocenters. The fourth-order valence-electron chi connectivity index (χ4n) is 2.42. The number of carbonyl (C=O) groups is 1. The highest BCUT2D eigenvalue weighted by atomic mass is 35.5. The number of thiophene rings is 1. The van der Waals surface area contributed by atoms with E-state index in [9.17, 15) is 4.79 Å². The molecule has 0 fully saturated rings. The van der Waals surface area contributed by atoms with Gasteiger partial charge in [0.2, 0.25) is 0 Å². The number of halogens is 2. The highest BCUT2D eigenvalue weighted by Crippen LogP contribution is 2.33. The van der Waals surface area contributed by atoms with Gasteiger partial charge in [-0.1, -0.05) is 23.2 Å². The third kappa shape index (κ3) is 2.68. The number of pyridine rings is 1. The van der Waals surface area contributed by atoms with Crippen LogP contribution in [-0.2, 0) is 6.42 Å². The maximum Gasteiger partial charge on any atom is 0.253 e. The normalized spacial score (nSPS) is 17.6. The van der Waals surface area contributed by atoms with Gasteiger partial charge in [0.25, 0.3) is 5.91 Å². The van der Waals surface area contributed by atoms with Gasteiger partial charge in [-0.3, -0.25) is 4.79 Å². The summed E-state index contributed by atoms with van der Waals surface area (Å²) in [5.41, 5.74) is 1.67. The lowest BCUT2D eigenvalue weighted by Crippen LogP contribution is -2.30. The number of fused-ring (bicyclic) bond motifs is 1. The van der Waals surface area contributed by atoms with Crippen molar-refractivity contribution >= 4 is 40.4 Å². The van der Waals surface area contributed by atoms with Crippen molar-refractivity contribution in [1.82, 2.24) is 10.3 Å². The number of nitrogens with one attached hydrogen (secondary N) is 1. The van der Waals surface area contributed by atoms with Gasteiger partial charge < -0.3 is 5.32 Å². The van der Waals surface area contributed by atoms with Crippen LogP contribution in [0.25, 0.3) is 0 Å². The summed E-state index contributed by atoms with van der Waals surface area (Å²) in [4.78, 5) is 17.5. The van der Waals surface area contributed by atoms with Gasteiger partial charge in [0.15, 0.2) is 0 Å². The summed E-state index contributed by atoms with van der Waals surface area (Å²) < 4.78 is 0. The molecule has 3 nitrogen and oxygen atoms in total. The Balaban J connectivity index is 1.79. The summed E-state index contributed by atoms with van der Waals surface area (Å²) in [6.45, 7) is 0. The molecular weight excluding hydrogens is 315 g/mol. The van der Waals surface area contributed by atoms with Crippen LogP contribution in [0.3, 0.4) is 0 Å². The lowest BCUT2D eigenvalue weighted by molar-refractivity contribution is 0.0932. The summed E-state index contributed by atoms with van der Waals surface area (Å²) in [6, 6.07) is 3.72. The Morgan fingerprint density at radius 2 is 2.30 bits per heavy atom. The first-order valence-electron chi connectivity index (χ1n) is 6.33. The van der Waals surface area contributed by atoms with E-state index in [1.54, 1.807) is 17.4 Å². The molecule has 2 aromatic heterocycles. The smallest absolute Gasteiger partial charge is 0.253 e. The van der Waals surface area contributed by atoms with Crippen molar-refractivity contribution in [3.05, 3.63) is 49.9 Å². The van der Waals surface area contributed by atoms with Gasteiger partial charge in [0, 0.05) is 11.1 Å². The van der Waals surface area contributed by atoms with Crippen molar-refractivity contribution in [3.63, 3.8) is 0 Å². The SMILES string of the molecule is O=C(NC1CCCc2sccc21)c1cnc(Cl)c(Cl)c1. The molecule has 0 bridgehead atoms. The van der Waals surface area contributed by atoms with Crippen LogP contribution in [0.1, 0.15) is 39.7 Å². The summed E-state index contributed by atoms with van der Waals surface area (Å²) >= 11 is 13.4. The first-order chi connectivity index (χ1) is 9.65. The van der Waals surface area contributed by atoms with E-state index in [1.807, 2.05) is 0 Å². The van der Waals surface area contributed by atoms with Crippen molar-refractivity contribution in [2.75, 3.05) is 0 Å². The largest absolute Gasteiger partial charge is 0.345 e. The van der Waals surface area contributed by atoms with Crippen LogP contribution in [-0.4, -0.2) is 10.9 Å². The number of hydrogen-bond donors (Lipinski definition) is 1. The number of amides is 1. The maximum absolute atomic E-state index is 12.3. The molecular formula is C14H12Cl2N2OS. The van der Waals surface area contributed by atoms with E-state index in [1.165, 1.54) is 16.6 Å². The molecule has 0 saturated carbocycles. The number of aromatic nitrogens is 1. The minimum absolute atomic E-state index is 0.0759. The zero-order chi connectivity index (χ0) is 14.1. The fourth-order valence-corrected chi connectivity index (χ4v) is 3.68. The van der Waals surface area contributed by atoms with E-state index in [-0.39, 0.29) is 17.1 Å². The summed E-state index contributed by atoms with van der Waals surface area (Å²) in [5, 5.41) is 5.63. The Hall–Kier alpha value is -1.10. The van der Waals surface area contributed by atoms with Crippen LogP contribution < -0.4 is 5.32 Å².